The van der Waals surface area contributed by atoms with Crippen molar-refractivity contribution in [3.8, 4) is 0 Å². The Morgan fingerprint density at radius 2 is 1.45 bits per heavy atom. The molecule has 0 aliphatic heterocycles. The summed E-state index contributed by atoms with van der Waals surface area (Å²) in [4.78, 5) is 0. The highest BCUT2D eigenvalue weighted by molar-refractivity contribution is 5.18. The van der Waals surface area contributed by atoms with Gasteiger partial charge in [-0.15, -0.1) is 0 Å². The second-order valence-corrected chi connectivity index (χ2v) is 5.83. The van der Waals surface area contributed by atoms with Gasteiger partial charge >= 0.3 is 0 Å². The third-order valence-corrected chi connectivity index (χ3v) is 3.97. The van der Waals surface area contributed by atoms with Crippen molar-refractivity contribution in [3.05, 3.63) is 35.9 Å². The molecule has 0 amide bonds. The van der Waals surface area contributed by atoms with E-state index in [2.05, 4.69) is 49.5 Å². The van der Waals surface area contributed by atoms with Gasteiger partial charge in [-0.2, -0.15) is 0 Å². The van der Waals surface area contributed by atoms with Gasteiger partial charge in [0.05, 0.1) is 0 Å². The zero-order chi connectivity index (χ0) is 14.5. The summed E-state index contributed by atoms with van der Waals surface area (Å²) in [6.45, 7) is 5.71. The Morgan fingerprint density at radius 1 is 0.800 bits per heavy atom. The number of hydrogen-bond acceptors (Lipinski definition) is 1. The molecular weight excluding hydrogens is 242 g/mol. The zero-order valence-corrected chi connectivity index (χ0v) is 13.5. The van der Waals surface area contributed by atoms with E-state index in [1.165, 1.54) is 63.4 Å². The van der Waals surface area contributed by atoms with Crippen LogP contribution in [-0.2, 0) is 0 Å². The molecule has 20 heavy (non-hydrogen) atoms. The molecule has 0 saturated heterocycles. The first-order valence-electron chi connectivity index (χ1n) is 8.66. The average Bonchev–Trinajstić information content (AvgIpc) is 2.50. The maximum Gasteiger partial charge on any atom is 0.0320 e. The third kappa shape index (κ3) is 7.69. The number of nitrogens with one attached hydrogen (secondary N) is 1. The molecule has 1 aromatic carbocycles. The maximum atomic E-state index is 3.76. The second kappa shape index (κ2) is 12.0. The van der Waals surface area contributed by atoms with Gasteiger partial charge in [0, 0.05) is 6.04 Å². The zero-order valence-electron chi connectivity index (χ0n) is 13.5. The number of benzene rings is 1. The molecule has 0 fully saturated rings. The van der Waals surface area contributed by atoms with Crippen molar-refractivity contribution in [1.82, 2.24) is 5.32 Å². The topological polar surface area (TPSA) is 12.0 Å². The lowest BCUT2D eigenvalue weighted by Crippen LogP contribution is -2.22. The first kappa shape index (κ1) is 17.2. The molecule has 0 radical (unpaired) electrons. The lowest BCUT2D eigenvalue weighted by atomic mass is 10.0. The molecule has 0 heterocycles. The number of rotatable bonds is 12. The molecule has 0 bridgehead atoms. The van der Waals surface area contributed by atoms with E-state index in [1.807, 2.05) is 0 Å². The summed E-state index contributed by atoms with van der Waals surface area (Å²) in [6, 6.07) is 11.5. The van der Waals surface area contributed by atoms with E-state index < -0.39 is 0 Å². The van der Waals surface area contributed by atoms with Crippen LogP contribution in [0, 0.1) is 0 Å². The van der Waals surface area contributed by atoms with Crippen LogP contribution in [0.2, 0.25) is 0 Å². The van der Waals surface area contributed by atoms with E-state index in [1.54, 1.807) is 0 Å². The van der Waals surface area contributed by atoms with Gasteiger partial charge in [-0.25, -0.2) is 0 Å². The molecule has 1 N–H and O–H groups in total. The Balaban J connectivity index is 2.24. The third-order valence-electron chi connectivity index (χ3n) is 3.97. The molecule has 1 heteroatoms. The van der Waals surface area contributed by atoms with Crippen molar-refractivity contribution < 1.29 is 0 Å². The van der Waals surface area contributed by atoms with E-state index >= 15 is 0 Å². The standard InChI is InChI=1S/C19H33N/c1-3-5-7-8-9-13-17-20-19(16-6-4-2)18-14-11-10-12-15-18/h10-12,14-15,19-20H,3-9,13,16-17H2,1-2H3. The first-order chi connectivity index (χ1) is 9.88. The molecule has 1 aromatic rings. The quantitative estimate of drug-likeness (QED) is 0.470. The van der Waals surface area contributed by atoms with E-state index in [9.17, 15) is 0 Å². The van der Waals surface area contributed by atoms with E-state index in [0.717, 1.165) is 6.54 Å². The van der Waals surface area contributed by atoms with Crippen molar-refractivity contribution in [1.29, 1.82) is 0 Å². The van der Waals surface area contributed by atoms with E-state index in [-0.39, 0.29) is 0 Å². The molecule has 0 aliphatic carbocycles. The molecule has 0 aromatic heterocycles. The summed E-state index contributed by atoms with van der Waals surface area (Å²) in [5.74, 6) is 0. The Morgan fingerprint density at radius 3 is 2.15 bits per heavy atom. The Bertz CT molecular complexity index is 307. The smallest absolute Gasteiger partial charge is 0.0320 e. The van der Waals surface area contributed by atoms with Gasteiger partial charge < -0.3 is 5.32 Å². The van der Waals surface area contributed by atoms with Gasteiger partial charge in [0.15, 0.2) is 0 Å². The van der Waals surface area contributed by atoms with Crippen molar-refractivity contribution in [2.75, 3.05) is 6.54 Å². The van der Waals surface area contributed by atoms with Crippen LogP contribution in [0.1, 0.15) is 83.2 Å². The summed E-state index contributed by atoms with van der Waals surface area (Å²) >= 11 is 0. The highest BCUT2D eigenvalue weighted by atomic mass is 14.9. The minimum absolute atomic E-state index is 0.548. The van der Waals surface area contributed by atoms with Gasteiger partial charge in [0.25, 0.3) is 0 Å². The maximum absolute atomic E-state index is 3.76. The van der Waals surface area contributed by atoms with Crippen LogP contribution < -0.4 is 5.32 Å². The highest BCUT2D eigenvalue weighted by Crippen LogP contribution is 2.19. The fourth-order valence-corrected chi connectivity index (χ4v) is 2.66. The van der Waals surface area contributed by atoms with Crippen molar-refractivity contribution in [2.24, 2.45) is 0 Å². The van der Waals surface area contributed by atoms with Crippen LogP contribution >= 0.6 is 0 Å². The molecule has 114 valence electrons. The first-order valence-corrected chi connectivity index (χ1v) is 8.66. The van der Waals surface area contributed by atoms with Crippen LogP contribution in [0.4, 0.5) is 0 Å². The molecule has 1 unspecified atom stereocenters. The van der Waals surface area contributed by atoms with Crippen LogP contribution in [0.3, 0.4) is 0 Å². The van der Waals surface area contributed by atoms with Crippen LogP contribution in [0.5, 0.6) is 0 Å². The Kier molecular flexibility index (Phi) is 10.3. The molecule has 0 spiro atoms. The SMILES string of the molecule is CCCCCCCCNC(CCCC)c1ccccc1. The Hall–Kier alpha value is -0.820. The largest absolute Gasteiger partial charge is 0.310 e. The normalized spacial score (nSPS) is 12.5. The fraction of sp³-hybridized carbons (Fsp3) is 0.684. The molecule has 0 aliphatic rings. The predicted octanol–water partition coefficient (Wildman–Crippen LogP) is 5.87. The van der Waals surface area contributed by atoms with Gasteiger partial charge in [-0.05, 0) is 24.9 Å². The van der Waals surface area contributed by atoms with Gasteiger partial charge in [-0.1, -0.05) is 89.1 Å². The minimum Gasteiger partial charge on any atom is -0.310 e. The molecule has 1 rings (SSSR count). The van der Waals surface area contributed by atoms with Crippen LogP contribution in [0.15, 0.2) is 30.3 Å². The second-order valence-electron chi connectivity index (χ2n) is 5.83. The summed E-state index contributed by atoms with van der Waals surface area (Å²) in [5.41, 5.74) is 1.45. The lowest BCUT2D eigenvalue weighted by Gasteiger charge is -2.19. The van der Waals surface area contributed by atoms with E-state index in [4.69, 9.17) is 0 Å². The van der Waals surface area contributed by atoms with Gasteiger partial charge in [0.1, 0.15) is 0 Å². The van der Waals surface area contributed by atoms with Gasteiger partial charge in [0.2, 0.25) is 0 Å². The molecule has 1 nitrogen and oxygen atoms in total. The van der Waals surface area contributed by atoms with Crippen molar-refractivity contribution in [3.63, 3.8) is 0 Å². The van der Waals surface area contributed by atoms with Crippen LogP contribution in [0.25, 0.3) is 0 Å². The molecule has 0 saturated carbocycles. The summed E-state index contributed by atoms with van der Waals surface area (Å²) in [5, 5.41) is 3.76. The average molecular weight is 275 g/mol. The summed E-state index contributed by atoms with van der Waals surface area (Å²) in [7, 11) is 0. The van der Waals surface area contributed by atoms with Gasteiger partial charge in [-0.3, -0.25) is 0 Å². The summed E-state index contributed by atoms with van der Waals surface area (Å²) < 4.78 is 0. The molecule has 1 atom stereocenters. The Labute approximate surface area is 126 Å². The van der Waals surface area contributed by atoms with Crippen LogP contribution in [-0.4, -0.2) is 6.54 Å². The van der Waals surface area contributed by atoms with Crippen molar-refractivity contribution in [2.45, 2.75) is 77.7 Å². The fourth-order valence-electron chi connectivity index (χ4n) is 2.66. The monoisotopic (exact) mass is 275 g/mol. The van der Waals surface area contributed by atoms with Crippen molar-refractivity contribution >= 4 is 0 Å². The molecular formula is C19H33N. The number of unbranched alkanes of at least 4 members (excludes halogenated alkanes) is 6. The minimum atomic E-state index is 0.548. The van der Waals surface area contributed by atoms with E-state index in [0.29, 0.717) is 6.04 Å². The number of hydrogen-bond donors (Lipinski definition) is 1. The highest BCUT2D eigenvalue weighted by Gasteiger charge is 2.09. The lowest BCUT2D eigenvalue weighted by molar-refractivity contribution is 0.465. The predicted molar refractivity (Wildman–Crippen MR) is 90.1 cm³/mol. The summed E-state index contributed by atoms with van der Waals surface area (Å²) in [6.07, 6.45) is 12.1.